The standard InChI is InChI=1S/C51H63N7O7/c1-30(2)43(55-49(62)64-5)47(60)57-24-10-14-41(57)45-52-29-40(54-45)33-18-16-32(17-19-33)36-20-21-37(39-28-51(27-38(36)39)22-7-8-23-51)34-12-9-13-35(26-34)53-46(59)42-15-11-25-58(42)48(61)44(31(3)4)56-50(63)65-6/h9,12-13,16-21,26,29-31,41-44H,7-8,10-11,14-15,22-25,27-28H2,1-6H3,(H,52,54)(H,53,59)(H,55,62)(H,56,63). The van der Waals surface area contributed by atoms with E-state index >= 15 is 0 Å². The van der Waals surface area contributed by atoms with Crippen molar-refractivity contribution in [1.82, 2.24) is 30.4 Å². The number of anilines is 1. The van der Waals surface area contributed by atoms with Crippen molar-refractivity contribution < 1.29 is 33.4 Å². The van der Waals surface area contributed by atoms with Crippen molar-refractivity contribution in [1.29, 1.82) is 0 Å². The first-order valence-corrected chi connectivity index (χ1v) is 23.3. The molecule has 65 heavy (non-hydrogen) atoms. The molecule has 2 aliphatic heterocycles. The number of aromatic amines is 1. The third-order valence-electron chi connectivity index (χ3n) is 14.2. The minimum Gasteiger partial charge on any atom is -0.453 e. The Morgan fingerprint density at radius 2 is 1.28 bits per heavy atom. The Balaban J connectivity index is 1.01. The van der Waals surface area contributed by atoms with Gasteiger partial charge in [0.05, 0.1) is 32.2 Å². The number of alkyl carbamates (subject to hydrolysis) is 2. The van der Waals surface area contributed by atoms with E-state index in [4.69, 9.17) is 14.5 Å². The number of nitrogens with zero attached hydrogens (tertiary/aromatic N) is 3. The van der Waals surface area contributed by atoms with Crippen molar-refractivity contribution >= 4 is 35.6 Å². The van der Waals surface area contributed by atoms with Gasteiger partial charge in [-0.2, -0.15) is 0 Å². The smallest absolute Gasteiger partial charge is 0.407 e. The van der Waals surface area contributed by atoms with Gasteiger partial charge in [0.25, 0.3) is 0 Å². The summed E-state index contributed by atoms with van der Waals surface area (Å²) in [6.07, 6.45) is 10.4. The van der Waals surface area contributed by atoms with Crippen LogP contribution in [-0.4, -0.2) is 95.1 Å². The molecule has 0 bridgehead atoms. The van der Waals surface area contributed by atoms with Gasteiger partial charge < -0.3 is 40.2 Å². The number of methoxy groups -OCH3 is 2. The first-order valence-electron chi connectivity index (χ1n) is 23.3. The molecule has 0 radical (unpaired) electrons. The Bertz CT molecular complexity index is 2420. The first kappa shape index (κ1) is 45.4. The fourth-order valence-corrected chi connectivity index (χ4v) is 10.8. The molecule has 2 aliphatic carbocycles. The highest BCUT2D eigenvalue weighted by Gasteiger charge is 2.43. The lowest BCUT2D eigenvalue weighted by Crippen LogP contribution is -2.54. The second-order valence-corrected chi connectivity index (χ2v) is 19.1. The number of ether oxygens (including phenoxy) is 2. The molecule has 1 spiro atoms. The van der Waals surface area contributed by atoms with Gasteiger partial charge in [-0.05, 0) is 120 Å². The largest absolute Gasteiger partial charge is 0.453 e. The minimum absolute atomic E-state index is 0.112. The molecule has 8 rings (SSSR count). The monoisotopic (exact) mass is 885 g/mol. The number of hydrogen-bond donors (Lipinski definition) is 4. The molecule has 4 atom stereocenters. The van der Waals surface area contributed by atoms with Crippen LogP contribution >= 0.6 is 0 Å². The van der Waals surface area contributed by atoms with Gasteiger partial charge in [-0.25, -0.2) is 14.6 Å². The topological polar surface area (TPSA) is 175 Å². The van der Waals surface area contributed by atoms with Gasteiger partial charge in [0, 0.05) is 18.8 Å². The number of rotatable bonds is 12. The van der Waals surface area contributed by atoms with Crippen LogP contribution in [0.25, 0.3) is 33.5 Å². The summed E-state index contributed by atoms with van der Waals surface area (Å²) in [6, 6.07) is 18.8. The highest BCUT2D eigenvalue weighted by atomic mass is 16.5. The van der Waals surface area contributed by atoms with E-state index in [1.807, 2.05) is 57.0 Å². The van der Waals surface area contributed by atoms with Crippen LogP contribution in [0.3, 0.4) is 0 Å². The zero-order chi connectivity index (χ0) is 46.0. The summed E-state index contributed by atoms with van der Waals surface area (Å²) in [6.45, 7) is 8.57. The minimum atomic E-state index is -0.800. The molecule has 1 saturated carbocycles. The predicted octanol–water partition coefficient (Wildman–Crippen LogP) is 8.42. The van der Waals surface area contributed by atoms with E-state index in [2.05, 4.69) is 63.4 Å². The number of aromatic nitrogens is 2. The Morgan fingerprint density at radius 1 is 0.708 bits per heavy atom. The highest BCUT2D eigenvalue weighted by molar-refractivity contribution is 5.99. The third-order valence-corrected chi connectivity index (χ3v) is 14.2. The van der Waals surface area contributed by atoms with Crippen LogP contribution in [0.1, 0.15) is 102 Å². The molecule has 4 unspecified atom stereocenters. The highest BCUT2D eigenvalue weighted by Crippen LogP contribution is 2.53. The number of nitrogens with one attached hydrogen (secondary N) is 4. The molecule has 14 nitrogen and oxygen atoms in total. The number of likely N-dealkylation sites (tertiary alicyclic amines) is 2. The molecule has 3 heterocycles. The summed E-state index contributed by atoms with van der Waals surface area (Å²) in [5, 5.41) is 8.50. The van der Waals surface area contributed by atoms with Gasteiger partial charge in [-0.3, -0.25) is 14.4 Å². The molecule has 4 aromatic rings. The van der Waals surface area contributed by atoms with E-state index in [1.54, 1.807) is 4.90 Å². The molecule has 344 valence electrons. The Hall–Kier alpha value is -6.18. The van der Waals surface area contributed by atoms with Gasteiger partial charge in [-0.15, -0.1) is 0 Å². The van der Waals surface area contributed by atoms with Crippen molar-refractivity contribution in [3.8, 4) is 33.5 Å². The van der Waals surface area contributed by atoms with E-state index in [1.165, 1.54) is 62.2 Å². The van der Waals surface area contributed by atoms with Crippen LogP contribution in [0.4, 0.5) is 15.3 Å². The van der Waals surface area contributed by atoms with E-state index in [0.29, 0.717) is 31.6 Å². The van der Waals surface area contributed by atoms with Crippen LogP contribution in [0.15, 0.2) is 66.9 Å². The second kappa shape index (κ2) is 19.1. The molecule has 5 amide bonds. The maximum atomic E-state index is 13.8. The summed E-state index contributed by atoms with van der Waals surface area (Å²) in [4.78, 5) is 77.0. The van der Waals surface area contributed by atoms with Crippen LogP contribution in [0.5, 0.6) is 0 Å². The molecule has 4 aliphatic rings. The van der Waals surface area contributed by atoms with E-state index in [-0.39, 0.29) is 41.0 Å². The van der Waals surface area contributed by atoms with Crippen LogP contribution < -0.4 is 16.0 Å². The van der Waals surface area contributed by atoms with E-state index in [9.17, 15) is 24.0 Å². The van der Waals surface area contributed by atoms with Gasteiger partial charge in [0.15, 0.2) is 0 Å². The third kappa shape index (κ3) is 9.35. The zero-order valence-corrected chi connectivity index (χ0v) is 38.5. The first-order chi connectivity index (χ1) is 31.3. The van der Waals surface area contributed by atoms with Gasteiger partial charge in [0.1, 0.15) is 23.9 Å². The van der Waals surface area contributed by atoms with Gasteiger partial charge >= 0.3 is 12.2 Å². The van der Waals surface area contributed by atoms with Crippen molar-refractivity contribution in [3.05, 3.63) is 83.8 Å². The molecule has 3 fully saturated rings. The van der Waals surface area contributed by atoms with Gasteiger partial charge in [0.2, 0.25) is 17.7 Å². The number of amides is 5. The number of carbonyl (C=O) groups excluding carboxylic acids is 5. The van der Waals surface area contributed by atoms with Crippen molar-refractivity contribution in [2.75, 3.05) is 32.6 Å². The summed E-state index contributed by atoms with van der Waals surface area (Å²) in [5.41, 5.74) is 10.2. The Morgan fingerprint density at radius 3 is 1.89 bits per heavy atom. The Labute approximate surface area is 381 Å². The van der Waals surface area contributed by atoms with E-state index < -0.39 is 30.3 Å². The van der Waals surface area contributed by atoms with Crippen molar-refractivity contribution in [3.63, 3.8) is 0 Å². The molecular weight excluding hydrogens is 823 g/mol. The number of fused-ring (bicyclic) bond motifs is 1. The number of benzene rings is 3. The molecule has 3 aromatic carbocycles. The average molecular weight is 886 g/mol. The van der Waals surface area contributed by atoms with Gasteiger partial charge in [-0.1, -0.05) is 89.1 Å². The lowest BCUT2D eigenvalue weighted by molar-refractivity contribution is -0.139. The summed E-state index contributed by atoms with van der Waals surface area (Å²) < 4.78 is 9.56. The number of carbonyl (C=O) groups is 5. The maximum Gasteiger partial charge on any atom is 0.407 e. The lowest BCUT2D eigenvalue weighted by Gasteiger charge is -2.30. The maximum absolute atomic E-state index is 13.8. The number of H-pyrrole nitrogens is 1. The molecule has 1 aromatic heterocycles. The summed E-state index contributed by atoms with van der Waals surface area (Å²) in [5.74, 6) is -0.232. The fraction of sp³-hybridized carbons (Fsp3) is 0.490. The SMILES string of the molecule is COC(=O)NC(C(=O)N1CCCC1C(=O)Nc1cccc(-c2ccc(-c3ccc(-c4cnc(C5CCCN5C(=O)C(NC(=O)OC)C(C)C)[nH]4)cc3)c3c2CC2(CCCC2)C3)c1)C(C)C. The van der Waals surface area contributed by atoms with E-state index in [0.717, 1.165) is 53.9 Å². The summed E-state index contributed by atoms with van der Waals surface area (Å²) in [7, 11) is 2.56. The number of imidazole rings is 1. The number of hydrogen-bond acceptors (Lipinski definition) is 8. The molecule has 4 N–H and O–H groups in total. The van der Waals surface area contributed by atoms with Crippen molar-refractivity contribution in [2.45, 2.75) is 116 Å². The van der Waals surface area contributed by atoms with Crippen LogP contribution in [0, 0.1) is 17.3 Å². The fourth-order valence-electron chi connectivity index (χ4n) is 10.8. The lowest BCUT2D eigenvalue weighted by atomic mass is 9.82. The molecular formula is C51H63N7O7. The average Bonchev–Trinajstić information content (AvgIpc) is 4.17. The molecule has 14 heteroatoms. The summed E-state index contributed by atoms with van der Waals surface area (Å²) >= 11 is 0. The quantitative estimate of drug-likeness (QED) is 0.110. The predicted molar refractivity (Wildman–Crippen MR) is 249 cm³/mol. The van der Waals surface area contributed by atoms with Crippen LogP contribution in [0.2, 0.25) is 0 Å². The zero-order valence-electron chi connectivity index (χ0n) is 38.5. The second-order valence-electron chi connectivity index (χ2n) is 19.1. The van der Waals surface area contributed by atoms with Crippen molar-refractivity contribution in [2.24, 2.45) is 17.3 Å². The van der Waals surface area contributed by atoms with Crippen LogP contribution in [-0.2, 0) is 36.7 Å². The Kier molecular flexibility index (Phi) is 13.3. The molecule has 2 saturated heterocycles. The normalized spacial score (nSPS) is 19.6.